The van der Waals surface area contributed by atoms with Gasteiger partial charge >= 0.3 is 17.1 Å². The van der Waals surface area contributed by atoms with E-state index in [1.807, 2.05) is 0 Å². The molecule has 2 saturated carbocycles. The fourth-order valence-corrected chi connectivity index (χ4v) is 5.45. The molecule has 0 unspecified atom stereocenters. The smallest absolute Gasteiger partial charge is 1.00 e. The molecule has 16 N–H and O–H groups in total. The molecule has 1 aliphatic heterocycles. The van der Waals surface area contributed by atoms with Gasteiger partial charge in [-0.15, -0.1) is 0 Å². The van der Waals surface area contributed by atoms with Gasteiger partial charge in [0.05, 0.1) is 0 Å². The summed E-state index contributed by atoms with van der Waals surface area (Å²) < 4.78 is 0. The van der Waals surface area contributed by atoms with Crippen molar-refractivity contribution in [2.45, 2.75) is 127 Å². The van der Waals surface area contributed by atoms with Gasteiger partial charge in [0.2, 0.25) is 0 Å². The van der Waals surface area contributed by atoms with E-state index in [1.165, 1.54) is 77.0 Å². The molecule has 1 heterocycles. The van der Waals surface area contributed by atoms with Crippen LogP contribution >= 0.6 is 0 Å². The molecule has 6 atom stereocenters. The Balaban J connectivity index is -0.000000174. The maximum atomic E-state index is 4.04. The third-order valence-electron chi connectivity index (χ3n) is 7.22. The second kappa shape index (κ2) is 29.3. The molecule has 13 heteroatoms. The molecule has 35 heavy (non-hydrogen) atoms. The summed E-state index contributed by atoms with van der Waals surface area (Å²) >= 11 is 0. The summed E-state index contributed by atoms with van der Waals surface area (Å²) in [6.45, 7) is 7.03. The molecule has 1 saturated heterocycles. The summed E-state index contributed by atoms with van der Waals surface area (Å²) in [6.07, 6.45) is 16.0. The Morgan fingerprint density at radius 2 is 0.771 bits per heavy atom. The Morgan fingerprint density at radius 1 is 0.486 bits per heavy atom. The van der Waals surface area contributed by atoms with E-state index in [4.69, 9.17) is 0 Å². The Labute approximate surface area is 235 Å². The van der Waals surface area contributed by atoms with Crippen molar-refractivity contribution in [3.05, 3.63) is 0 Å². The average Bonchev–Trinajstić information content (AvgIpc) is 2.68. The zero-order valence-electron chi connectivity index (χ0n) is 21.4. The van der Waals surface area contributed by atoms with Gasteiger partial charge in [0.15, 0.2) is 0 Å². The topological polar surface area (TPSA) is 237 Å². The van der Waals surface area contributed by atoms with E-state index in [1.54, 1.807) is 0 Å². The predicted molar refractivity (Wildman–Crippen MR) is 133 cm³/mol. The van der Waals surface area contributed by atoms with Crippen LogP contribution in [-0.2, 0) is 17.1 Å². The van der Waals surface area contributed by atoms with Crippen LogP contribution in [0.3, 0.4) is 0 Å². The summed E-state index contributed by atoms with van der Waals surface area (Å²) in [5, 5.41) is 16.0. The van der Waals surface area contributed by atoms with Gasteiger partial charge in [-0.3, -0.25) is 0 Å². The third-order valence-corrected chi connectivity index (χ3v) is 7.22. The Bertz CT molecular complexity index is 392. The van der Waals surface area contributed by atoms with Crippen molar-refractivity contribution in [1.82, 2.24) is 21.3 Å². The minimum absolute atomic E-state index is 0. The van der Waals surface area contributed by atoms with Gasteiger partial charge in [0.1, 0.15) is 0 Å². The van der Waals surface area contributed by atoms with Gasteiger partial charge in [-0.25, -0.2) is 0 Å². The van der Waals surface area contributed by atoms with Crippen molar-refractivity contribution in [2.75, 3.05) is 13.1 Å². The molecule has 2 aliphatic carbocycles. The number of hydrogen-bond donors (Lipinski definition) is 4. The van der Waals surface area contributed by atoms with E-state index in [0.29, 0.717) is 36.3 Å². The molecule has 225 valence electrons. The van der Waals surface area contributed by atoms with Gasteiger partial charge in [-0.05, 0) is 64.5 Å². The second-order valence-electron chi connectivity index (χ2n) is 9.02. The Kier molecular flexibility index (Phi) is 43.6. The molecule has 3 aliphatic rings. The molecule has 0 aromatic rings. The number of nitrogens with one attached hydrogen (secondary N) is 4. The van der Waals surface area contributed by atoms with Gasteiger partial charge in [0, 0.05) is 36.3 Å². The van der Waals surface area contributed by atoms with Crippen molar-refractivity contribution in [3.8, 4) is 0 Å². The van der Waals surface area contributed by atoms with Crippen LogP contribution in [0, 0.1) is 0 Å². The molecule has 3 rings (SSSR count). The summed E-state index contributed by atoms with van der Waals surface area (Å²) in [7, 11) is 0. The predicted octanol–water partition coefficient (Wildman–Crippen LogP) is -7.62. The van der Waals surface area contributed by atoms with Crippen LogP contribution in [0.2, 0.25) is 0 Å². The maximum absolute atomic E-state index is 4.04. The monoisotopic (exact) mass is 605 g/mol. The number of fused-ring (bicyclic) bond motifs is 2. The maximum Gasteiger partial charge on any atom is 2.00 e. The fraction of sp³-hybridized carbons (Fsp3) is 1.00. The van der Waals surface area contributed by atoms with Gasteiger partial charge in [-0.1, -0.05) is 39.5 Å². The summed E-state index contributed by atoms with van der Waals surface area (Å²) in [5.74, 6) is 0. The summed E-state index contributed by atoms with van der Waals surface area (Å²) in [6, 6.07) is 4.02. The van der Waals surface area contributed by atoms with E-state index in [0.717, 1.165) is 13.1 Å². The minimum atomic E-state index is 0. The van der Waals surface area contributed by atoms with Gasteiger partial charge in [0.25, 0.3) is 0 Å². The van der Waals surface area contributed by atoms with Crippen molar-refractivity contribution in [2.24, 2.45) is 0 Å². The number of rotatable bonds is 2. The molecule has 10 nitrogen and oxygen atoms in total. The fourth-order valence-electron chi connectivity index (χ4n) is 5.45. The van der Waals surface area contributed by atoms with Crippen LogP contribution in [0.25, 0.3) is 0 Å². The molecule has 0 bridgehead atoms. The summed E-state index contributed by atoms with van der Waals surface area (Å²) in [4.78, 5) is 0. The summed E-state index contributed by atoms with van der Waals surface area (Å²) in [5.41, 5.74) is 0. The number of halogens is 2. The van der Waals surface area contributed by atoms with Gasteiger partial charge in [-0.2, -0.15) is 0 Å². The first-order chi connectivity index (χ1) is 12.8. The molecule has 0 aromatic carbocycles. The van der Waals surface area contributed by atoms with Gasteiger partial charge < -0.3 is 78.9 Å². The Morgan fingerprint density at radius 3 is 1.06 bits per heavy atom. The molecule has 0 amide bonds. The first-order valence-electron chi connectivity index (χ1n) is 11.8. The van der Waals surface area contributed by atoms with Crippen LogP contribution < -0.4 is 46.1 Å². The molecular formula is C22H56Cl2CuN4O6. The number of hydrogen-bond acceptors (Lipinski definition) is 4. The van der Waals surface area contributed by atoms with Crippen molar-refractivity contribution >= 4 is 0 Å². The first-order valence-corrected chi connectivity index (χ1v) is 11.8. The van der Waals surface area contributed by atoms with E-state index < -0.39 is 0 Å². The second-order valence-corrected chi connectivity index (χ2v) is 9.02. The molecule has 0 spiro atoms. The zero-order chi connectivity index (χ0) is 18.2. The minimum Gasteiger partial charge on any atom is -1.00 e. The van der Waals surface area contributed by atoms with E-state index >= 15 is 0 Å². The normalized spacial score (nSPS) is 30.3. The van der Waals surface area contributed by atoms with E-state index in [-0.39, 0.29) is 74.7 Å². The van der Waals surface area contributed by atoms with E-state index in [2.05, 4.69) is 35.1 Å². The van der Waals surface area contributed by atoms with Crippen molar-refractivity contribution in [1.29, 1.82) is 0 Å². The molecule has 3 fully saturated rings. The third kappa shape index (κ3) is 17.0. The molecule has 0 aromatic heterocycles. The SMILES string of the molecule is CC[C@H]1CCN[C@@H]2CCCC[C@H]2N[C@H](CC)CCN[C@H]2CCCC[C@@H]2N1.O.O.O.O.O.O.[Cl-].[Cl-].[Cu+2]. The van der Waals surface area contributed by atoms with Crippen LogP contribution in [0.1, 0.15) is 90.9 Å². The van der Waals surface area contributed by atoms with Crippen LogP contribution in [0.4, 0.5) is 0 Å². The Hall–Kier alpha value is 0.699. The molecular weight excluding hydrogens is 551 g/mol. The average molecular weight is 607 g/mol. The van der Waals surface area contributed by atoms with Crippen LogP contribution in [0.15, 0.2) is 0 Å². The van der Waals surface area contributed by atoms with Crippen LogP contribution in [0.5, 0.6) is 0 Å². The van der Waals surface area contributed by atoms with Crippen LogP contribution in [-0.4, -0.2) is 82.2 Å². The molecule has 1 radical (unpaired) electrons. The first kappa shape index (κ1) is 52.2. The quantitative estimate of drug-likeness (QED) is 0.224. The van der Waals surface area contributed by atoms with Crippen molar-refractivity contribution < 1.29 is 74.7 Å². The zero-order valence-corrected chi connectivity index (χ0v) is 23.9. The van der Waals surface area contributed by atoms with Crippen molar-refractivity contribution in [3.63, 3.8) is 0 Å². The van der Waals surface area contributed by atoms with E-state index in [9.17, 15) is 0 Å². The standard InChI is InChI=1S/C22H44N4.2ClH.Cu.6H2O/c1-3-17-13-15-23-20-10-6-8-12-22(20)26-18(4-2)14-16-24-19-9-5-7-11-21(19)25-17;;;;;;;;;/h17-26H,3-16H2,1-2H3;2*1H;;6*1H2/q;;;+2;;;;;;/p-2/t17-,18+,19-,20+,21-,22+;;;;;;;;;. The largest absolute Gasteiger partial charge is 2.00 e.